The molecule has 1 aliphatic heterocycles. The highest BCUT2D eigenvalue weighted by atomic mass is 16.7. The Bertz CT molecular complexity index is 1370. The van der Waals surface area contributed by atoms with Crippen molar-refractivity contribution in [3.05, 3.63) is 12.2 Å². The quantitative estimate of drug-likeness (QED) is 0.0215. The van der Waals surface area contributed by atoms with Gasteiger partial charge in [-0.2, -0.15) is 0 Å². The Balaban J connectivity index is 2.16. The molecule has 11 heteroatoms. The predicted octanol–water partition coefficient (Wildman–Crippen LogP) is 18.2. The van der Waals surface area contributed by atoms with Crippen LogP contribution < -0.4 is 5.32 Å². The van der Waals surface area contributed by atoms with Crippen LogP contribution in [0.4, 0.5) is 0 Å². The summed E-state index contributed by atoms with van der Waals surface area (Å²) < 4.78 is 11.2. The van der Waals surface area contributed by atoms with Gasteiger partial charge in [-0.1, -0.05) is 353 Å². The van der Waals surface area contributed by atoms with Crippen molar-refractivity contribution < 1.29 is 50.0 Å². The second-order valence-electron chi connectivity index (χ2n) is 26.4. The minimum Gasteiger partial charge on any atom is -0.394 e. The molecule has 0 aromatic carbocycles. The number of hydrogen-bond donors (Lipinski definition) is 8. The molecule has 0 aromatic rings. The molecule has 1 aliphatic rings. The number of unbranched alkanes of at least 4 members (excludes halogenated alkanes) is 52. The van der Waals surface area contributed by atoms with Gasteiger partial charge in [-0.05, 0) is 38.5 Å². The zero-order valence-electron chi connectivity index (χ0n) is 55.4. The highest BCUT2D eigenvalue weighted by molar-refractivity contribution is 5.80. The van der Waals surface area contributed by atoms with Crippen LogP contribution >= 0.6 is 0 Å². The van der Waals surface area contributed by atoms with Crippen molar-refractivity contribution in [3.63, 3.8) is 0 Å². The molecule has 0 saturated carbocycles. The van der Waals surface area contributed by atoms with E-state index in [2.05, 4.69) is 31.3 Å². The maximum Gasteiger partial charge on any atom is 0.249 e. The number of nitrogens with one attached hydrogen (secondary N) is 1. The maximum absolute atomic E-state index is 13.3. The molecule has 1 amide bonds. The van der Waals surface area contributed by atoms with Crippen LogP contribution in [0.25, 0.3) is 0 Å². The van der Waals surface area contributed by atoms with Gasteiger partial charge in [-0.15, -0.1) is 0 Å². The molecule has 0 aliphatic carbocycles. The third-order valence-corrected chi connectivity index (χ3v) is 18.3. The molecule has 1 fully saturated rings. The van der Waals surface area contributed by atoms with Crippen LogP contribution in [0.1, 0.15) is 380 Å². The van der Waals surface area contributed by atoms with E-state index in [0.717, 1.165) is 38.5 Å². The number of ether oxygens (including phenoxy) is 2. The molecular weight excluding hydrogens is 1050 g/mol. The topological polar surface area (TPSA) is 189 Å². The summed E-state index contributed by atoms with van der Waals surface area (Å²) in [6, 6.07) is -1.17. The van der Waals surface area contributed by atoms with E-state index in [1.165, 1.54) is 302 Å². The first-order valence-electron chi connectivity index (χ1n) is 37.1. The number of hydrogen-bond acceptors (Lipinski definition) is 10. The molecule has 1 saturated heterocycles. The van der Waals surface area contributed by atoms with E-state index in [0.29, 0.717) is 19.3 Å². The third-order valence-electron chi connectivity index (χ3n) is 18.3. The third kappa shape index (κ3) is 48.7. The lowest BCUT2D eigenvalue weighted by atomic mass is 9.98. The minimum absolute atomic E-state index is 0.261. The molecule has 0 bridgehead atoms. The number of rotatable bonds is 66. The first-order chi connectivity index (χ1) is 41.2. The molecule has 0 aromatic heterocycles. The molecule has 8 N–H and O–H groups in total. The number of aliphatic hydroxyl groups excluding tert-OH is 7. The Morgan fingerprint density at radius 1 is 0.405 bits per heavy atom. The summed E-state index contributed by atoms with van der Waals surface area (Å²) >= 11 is 0. The Morgan fingerprint density at radius 2 is 0.690 bits per heavy atom. The van der Waals surface area contributed by atoms with E-state index in [9.17, 15) is 40.5 Å². The van der Waals surface area contributed by atoms with Gasteiger partial charge in [0.1, 0.15) is 36.6 Å². The predicted molar refractivity (Wildman–Crippen MR) is 353 cm³/mol. The number of carbonyl (C=O) groups is 1. The smallest absolute Gasteiger partial charge is 0.249 e. The molecule has 0 radical (unpaired) electrons. The highest BCUT2D eigenvalue weighted by Gasteiger charge is 2.44. The lowest BCUT2D eigenvalue weighted by Crippen LogP contribution is -2.60. The molecule has 84 heavy (non-hydrogen) atoms. The van der Waals surface area contributed by atoms with Crippen LogP contribution in [-0.4, -0.2) is 110 Å². The molecule has 9 unspecified atom stereocenters. The average molecular weight is 1190 g/mol. The van der Waals surface area contributed by atoms with Crippen molar-refractivity contribution in [1.29, 1.82) is 0 Å². The molecular formula is C73H143NO10. The van der Waals surface area contributed by atoms with Gasteiger partial charge in [0.2, 0.25) is 5.91 Å². The number of amides is 1. The Morgan fingerprint density at radius 3 is 1.00 bits per heavy atom. The van der Waals surface area contributed by atoms with Crippen LogP contribution in [0.5, 0.6) is 0 Å². The van der Waals surface area contributed by atoms with E-state index in [4.69, 9.17) is 9.47 Å². The van der Waals surface area contributed by atoms with E-state index in [-0.39, 0.29) is 6.42 Å². The van der Waals surface area contributed by atoms with Crippen molar-refractivity contribution in [2.75, 3.05) is 13.2 Å². The second kappa shape index (κ2) is 62.1. The fourth-order valence-corrected chi connectivity index (χ4v) is 12.4. The fourth-order valence-electron chi connectivity index (χ4n) is 12.4. The first kappa shape index (κ1) is 80.9. The van der Waals surface area contributed by atoms with Gasteiger partial charge >= 0.3 is 0 Å². The average Bonchev–Trinajstić information content (AvgIpc) is 3.66. The van der Waals surface area contributed by atoms with Crippen LogP contribution in [0.2, 0.25) is 0 Å². The van der Waals surface area contributed by atoms with Gasteiger partial charge in [0.15, 0.2) is 6.29 Å². The van der Waals surface area contributed by atoms with Gasteiger partial charge in [0.25, 0.3) is 0 Å². The van der Waals surface area contributed by atoms with E-state index >= 15 is 0 Å². The Hall–Kier alpha value is -1.15. The summed E-state index contributed by atoms with van der Waals surface area (Å²) in [7, 11) is 0. The fraction of sp³-hybridized carbons (Fsp3) is 0.959. The molecule has 11 nitrogen and oxygen atoms in total. The molecule has 500 valence electrons. The van der Waals surface area contributed by atoms with Gasteiger partial charge in [-0.3, -0.25) is 4.79 Å². The number of aliphatic hydroxyl groups is 7. The standard InChI is InChI=1S/C73H143NO10/c1-3-5-7-9-11-13-15-17-19-21-23-25-27-29-30-31-32-33-34-35-37-38-40-42-44-46-48-50-52-54-56-58-60-65(76)68(78)64(63-83-73-71(81)70(80)69(79)67(62-75)84-73)74-72(82)66(77)61-59-57-55-53-51-49-47-45-43-41-39-36-28-26-24-22-20-18-16-14-12-10-8-6-4-2/h36,39,64-71,73,75-81H,3-35,37-38,40-63H2,1-2H3,(H,74,82)/b39-36-. The van der Waals surface area contributed by atoms with E-state index in [1.54, 1.807) is 0 Å². The molecule has 9 atom stereocenters. The van der Waals surface area contributed by atoms with Crippen molar-refractivity contribution >= 4 is 5.91 Å². The number of carbonyl (C=O) groups excluding carboxylic acids is 1. The Kier molecular flexibility index (Phi) is 59.7. The van der Waals surface area contributed by atoms with Crippen LogP contribution in [0, 0.1) is 0 Å². The molecule has 1 heterocycles. The van der Waals surface area contributed by atoms with Gasteiger partial charge in [-0.25, -0.2) is 0 Å². The lowest BCUT2D eigenvalue weighted by molar-refractivity contribution is -0.303. The summed E-state index contributed by atoms with van der Waals surface area (Å²) in [6.45, 7) is 3.53. The van der Waals surface area contributed by atoms with Gasteiger partial charge < -0.3 is 50.5 Å². The van der Waals surface area contributed by atoms with Crippen LogP contribution in [0.15, 0.2) is 12.2 Å². The summed E-state index contributed by atoms with van der Waals surface area (Å²) in [5.41, 5.74) is 0. The molecule has 0 spiro atoms. The SMILES string of the molecule is CCCCCCCCCCCCCC/C=C\CCCCCCCCCCCC(O)C(=O)NC(COC1OC(CO)C(O)C(O)C1O)C(O)C(O)CCCCCCCCCCCCCCCCCCCCCCCCCCCCCCCCCC. The normalized spacial score (nSPS) is 18.9. The largest absolute Gasteiger partial charge is 0.394 e. The Labute approximate surface area is 519 Å². The first-order valence-corrected chi connectivity index (χ1v) is 37.1. The zero-order chi connectivity index (χ0) is 61.0. The van der Waals surface area contributed by atoms with Crippen LogP contribution in [0.3, 0.4) is 0 Å². The number of allylic oxidation sites excluding steroid dienone is 2. The summed E-state index contributed by atoms with van der Waals surface area (Å²) in [5, 5.41) is 76.6. The summed E-state index contributed by atoms with van der Waals surface area (Å²) in [5.74, 6) is -0.691. The van der Waals surface area contributed by atoms with Crippen molar-refractivity contribution in [2.45, 2.75) is 435 Å². The van der Waals surface area contributed by atoms with Crippen molar-refractivity contribution in [2.24, 2.45) is 0 Å². The van der Waals surface area contributed by atoms with Crippen LogP contribution in [-0.2, 0) is 14.3 Å². The maximum atomic E-state index is 13.3. The van der Waals surface area contributed by atoms with Crippen molar-refractivity contribution in [3.8, 4) is 0 Å². The van der Waals surface area contributed by atoms with E-state index in [1.807, 2.05) is 0 Å². The lowest BCUT2D eigenvalue weighted by Gasteiger charge is -2.40. The highest BCUT2D eigenvalue weighted by Crippen LogP contribution is 2.24. The monoisotopic (exact) mass is 1190 g/mol. The summed E-state index contributed by atoms with van der Waals surface area (Å²) in [4.78, 5) is 13.3. The van der Waals surface area contributed by atoms with E-state index < -0.39 is 74.2 Å². The summed E-state index contributed by atoms with van der Waals surface area (Å²) in [6.07, 6.45) is 65.9. The minimum atomic E-state index is -1.66. The van der Waals surface area contributed by atoms with Gasteiger partial charge in [0, 0.05) is 0 Å². The second-order valence-corrected chi connectivity index (χ2v) is 26.4. The zero-order valence-corrected chi connectivity index (χ0v) is 55.4. The molecule has 1 rings (SSSR count). The van der Waals surface area contributed by atoms with Crippen molar-refractivity contribution in [1.82, 2.24) is 5.32 Å². The van der Waals surface area contributed by atoms with Gasteiger partial charge in [0.05, 0.1) is 25.4 Å².